The predicted octanol–water partition coefficient (Wildman–Crippen LogP) is 5.27. The lowest BCUT2D eigenvalue weighted by Gasteiger charge is -2.08. The largest absolute Gasteiger partial charge is 0.453 e. The number of benzene rings is 1. The van der Waals surface area contributed by atoms with Gasteiger partial charge in [-0.3, -0.25) is 0 Å². The maximum Gasteiger partial charge on any atom is 0.197 e. The summed E-state index contributed by atoms with van der Waals surface area (Å²) >= 11 is 15.3. The van der Waals surface area contributed by atoms with Crippen LogP contribution < -0.4 is 0 Å². The van der Waals surface area contributed by atoms with E-state index in [-0.39, 0.29) is 4.83 Å². The zero-order valence-corrected chi connectivity index (χ0v) is 11.4. The predicted molar refractivity (Wildman–Crippen MR) is 70.5 cm³/mol. The molecule has 0 saturated carbocycles. The highest BCUT2D eigenvalue weighted by Gasteiger charge is 2.14. The van der Waals surface area contributed by atoms with Crippen molar-refractivity contribution in [1.29, 1.82) is 0 Å². The summed E-state index contributed by atoms with van der Waals surface area (Å²) in [6.45, 7) is 0. The van der Waals surface area contributed by atoms with Gasteiger partial charge in [0, 0.05) is 15.4 Å². The first kappa shape index (κ1) is 12.0. The Balaban J connectivity index is 2.10. The number of hydrogen-bond donors (Lipinski definition) is 0. The van der Waals surface area contributed by atoms with Gasteiger partial charge in [-0.05, 0) is 41.8 Å². The van der Waals surface area contributed by atoms with Gasteiger partial charge in [-0.2, -0.15) is 0 Å². The van der Waals surface area contributed by atoms with Gasteiger partial charge in [-0.25, -0.2) is 0 Å². The number of halogens is 3. The summed E-state index contributed by atoms with van der Waals surface area (Å²) in [6.07, 6.45) is 2.43. The van der Waals surface area contributed by atoms with Crippen molar-refractivity contribution in [2.45, 2.75) is 11.2 Å². The SMILES string of the molecule is Clc1ccc(CC(Br)c2ccoc2Cl)cc1. The molecule has 2 rings (SSSR count). The second-order valence-corrected chi connectivity index (χ2v) is 5.33. The molecule has 84 valence electrons. The molecule has 0 bridgehead atoms. The highest BCUT2D eigenvalue weighted by atomic mass is 79.9. The van der Waals surface area contributed by atoms with Gasteiger partial charge >= 0.3 is 0 Å². The number of alkyl halides is 1. The van der Waals surface area contributed by atoms with E-state index >= 15 is 0 Å². The molecule has 0 aliphatic carbocycles. The van der Waals surface area contributed by atoms with Crippen LogP contribution >= 0.6 is 39.1 Å². The fourth-order valence-corrected chi connectivity index (χ4v) is 2.70. The molecule has 0 amide bonds. The summed E-state index contributed by atoms with van der Waals surface area (Å²) in [7, 11) is 0. The molecule has 1 unspecified atom stereocenters. The van der Waals surface area contributed by atoms with E-state index < -0.39 is 0 Å². The molecule has 0 spiro atoms. The molecule has 1 heterocycles. The zero-order valence-electron chi connectivity index (χ0n) is 8.29. The number of hydrogen-bond acceptors (Lipinski definition) is 1. The van der Waals surface area contributed by atoms with Crippen LogP contribution in [0.2, 0.25) is 10.2 Å². The lowest BCUT2D eigenvalue weighted by atomic mass is 10.1. The van der Waals surface area contributed by atoms with E-state index in [0.717, 1.165) is 17.0 Å². The van der Waals surface area contributed by atoms with Crippen LogP contribution in [0.4, 0.5) is 0 Å². The first-order valence-corrected chi connectivity index (χ1v) is 6.45. The third-order valence-corrected chi connectivity index (χ3v) is 3.69. The van der Waals surface area contributed by atoms with Crippen LogP contribution in [0.5, 0.6) is 0 Å². The van der Waals surface area contributed by atoms with Gasteiger partial charge in [0.15, 0.2) is 5.22 Å². The summed E-state index contributed by atoms with van der Waals surface area (Å²) in [5, 5.41) is 1.19. The van der Waals surface area contributed by atoms with E-state index in [0.29, 0.717) is 5.22 Å². The van der Waals surface area contributed by atoms with Gasteiger partial charge < -0.3 is 4.42 Å². The van der Waals surface area contributed by atoms with Crippen LogP contribution in [0.3, 0.4) is 0 Å². The van der Waals surface area contributed by atoms with E-state index in [1.165, 1.54) is 5.56 Å². The normalized spacial score (nSPS) is 12.7. The Morgan fingerprint density at radius 1 is 1.12 bits per heavy atom. The van der Waals surface area contributed by atoms with Crippen LogP contribution in [-0.2, 0) is 6.42 Å². The van der Waals surface area contributed by atoms with E-state index in [4.69, 9.17) is 27.6 Å². The Labute approximate surface area is 112 Å². The van der Waals surface area contributed by atoms with Gasteiger partial charge in [0.1, 0.15) is 0 Å². The van der Waals surface area contributed by atoms with Crippen LogP contribution in [0.25, 0.3) is 0 Å². The van der Waals surface area contributed by atoms with Gasteiger partial charge in [0.25, 0.3) is 0 Å². The van der Waals surface area contributed by atoms with Crippen LogP contribution in [0.1, 0.15) is 16.0 Å². The Hall–Kier alpha value is -0.440. The summed E-state index contributed by atoms with van der Waals surface area (Å²) in [5.74, 6) is 0. The molecule has 1 nitrogen and oxygen atoms in total. The number of rotatable bonds is 3. The maximum absolute atomic E-state index is 5.91. The highest BCUT2D eigenvalue weighted by molar-refractivity contribution is 9.09. The smallest absolute Gasteiger partial charge is 0.197 e. The summed E-state index contributed by atoms with van der Waals surface area (Å²) in [6, 6.07) is 9.65. The molecule has 4 heteroatoms. The molecule has 1 aromatic heterocycles. The Kier molecular flexibility index (Phi) is 3.95. The summed E-state index contributed by atoms with van der Waals surface area (Å²) < 4.78 is 5.06. The van der Waals surface area contributed by atoms with Gasteiger partial charge in [-0.15, -0.1) is 0 Å². The molecule has 1 atom stereocenters. The molecule has 16 heavy (non-hydrogen) atoms. The molecule has 2 aromatic rings. The average molecular weight is 320 g/mol. The Bertz CT molecular complexity index is 464. The molecule has 0 N–H and O–H groups in total. The molecule has 0 radical (unpaired) electrons. The van der Waals surface area contributed by atoms with Crippen LogP contribution in [0.15, 0.2) is 41.0 Å². The maximum atomic E-state index is 5.91. The van der Waals surface area contributed by atoms with Crippen molar-refractivity contribution in [1.82, 2.24) is 0 Å². The molecular formula is C12H9BrCl2O. The van der Waals surface area contributed by atoms with E-state index in [1.807, 2.05) is 30.3 Å². The van der Waals surface area contributed by atoms with Gasteiger partial charge in [0.05, 0.1) is 6.26 Å². The molecule has 0 fully saturated rings. The first-order chi connectivity index (χ1) is 7.66. The summed E-state index contributed by atoms with van der Waals surface area (Å²) in [4.78, 5) is 0.153. The van der Waals surface area contributed by atoms with Crippen molar-refractivity contribution in [3.8, 4) is 0 Å². The standard InChI is InChI=1S/C12H9BrCl2O/c13-11(10-5-6-16-12(10)15)7-8-1-3-9(14)4-2-8/h1-6,11H,7H2. The molecule has 1 aromatic carbocycles. The van der Waals surface area contributed by atoms with E-state index in [9.17, 15) is 0 Å². The Morgan fingerprint density at radius 2 is 1.81 bits per heavy atom. The highest BCUT2D eigenvalue weighted by Crippen LogP contribution is 2.33. The fourth-order valence-electron chi connectivity index (χ4n) is 1.47. The summed E-state index contributed by atoms with van der Waals surface area (Å²) in [5.41, 5.74) is 2.17. The molecule has 0 saturated heterocycles. The molecule has 0 aliphatic heterocycles. The van der Waals surface area contributed by atoms with E-state index in [2.05, 4.69) is 15.9 Å². The van der Waals surface area contributed by atoms with Crippen LogP contribution in [-0.4, -0.2) is 0 Å². The quantitative estimate of drug-likeness (QED) is 0.703. The minimum atomic E-state index is 0.153. The third-order valence-electron chi connectivity index (χ3n) is 2.31. The van der Waals surface area contributed by atoms with Crippen molar-refractivity contribution in [3.63, 3.8) is 0 Å². The molecule has 0 aliphatic rings. The van der Waals surface area contributed by atoms with Crippen molar-refractivity contribution >= 4 is 39.1 Å². The topological polar surface area (TPSA) is 13.1 Å². The lowest BCUT2D eigenvalue weighted by molar-refractivity contribution is 0.565. The lowest BCUT2D eigenvalue weighted by Crippen LogP contribution is -1.94. The number of furan rings is 1. The third kappa shape index (κ3) is 2.82. The fraction of sp³-hybridized carbons (Fsp3) is 0.167. The zero-order chi connectivity index (χ0) is 11.5. The van der Waals surface area contributed by atoms with Crippen molar-refractivity contribution in [2.24, 2.45) is 0 Å². The molecular weight excluding hydrogens is 311 g/mol. The van der Waals surface area contributed by atoms with Crippen molar-refractivity contribution in [2.75, 3.05) is 0 Å². The monoisotopic (exact) mass is 318 g/mol. The van der Waals surface area contributed by atoms with Crippen molar-refractivity contribution in [3.05, 3.63) is 58.0 Å². The van der Waals surface area contributed by atoms with Crippen molar-refractivity contribution < 1.29 is 4.42 Å². The van der Waals surface area contributed by atoms with Gasteiger partial charge in [0.2, 0.25) is 0 Å². The van der Waals surface area contributed by atoms with Gasteiger partial charge in [-0.1, -0.05) is 39.7 Å². The average Bonchev–Trinajstić information content (AvgIpc) is 2.68. The van der Waals surface area contributed by atoms with E-state index in [1.54, 1.807) is 6.26 Å². The second-order valence-electron chi connectivity index (χ2n) is 3.45. The minimum absolute atomic E-state index is 0.153. The Morgan fingerprint density at radius 3 is 2.38 bits per heavy atom. The first-order valence-electron chi connectivity index (χ1n) is 4.78. The minimum Gasteiger partial charge on any atom is -0.453 e. The second kappa shape index (κ2) is 5.26. The van der Waals surface area contributed by atoms with Crippen LogP contribution in [0, 0.1) is 0 Å².